The van der Waals surface area contributed by atoms with Gasteiger partial charge in [0.15, 0.2) is 0 Å². The number of aromatic nitrogens is 1. The lowest BCUT2D eigenvalue weighted by atomic mass is 9.85. The molecule has 2 N–H and O–H groups in total. The van der Waals surface area contributed by atoms with Crippen molar-refractivity contribution in [1.29, 1.82) is 0 Å². The van der Waals surface area contributed by atoms with Gasteiger partial charge < -0.3 is 15.0 Å². The molecule has 2 aliphatic rings. The van der Waals surface area contributed by atoms with Crippen LogP contribution in [0.25, 0.3) is 0 Å². The van der Waals surface area contributed by atoms with Crippen molar-refractivity contribution in [2.75, 3.05) is 31.2 Å². The second kappa shape index (κ2) is 10.8. The van der Waals surface area contributed by atoms with Gasteiger partial charge in [-0.1, -0.05) is 12.1 Å². The Morgan fingerprint density at radius 2 is 1.76 bits per heavy atom. The molecule has 0 radical (unpaired) electrons. The Bertz CT molecular complexity index is 1070. The van der Waals surface area contributed by atoms with Crippen LogP contribution in [0.5, 0.6) is 0 Å². The summed E-state index contributed by atoms with van der Waals surface area (Å²) in [6.45, 7) is 4.60. The predicted molar refractivity (Wildman–Crippen MR) is 126 cm³/mol. The van der Waals surface area contributed by atoms with Crippen LogP contribution in [0.3, 0.4) is 0 Å². The fourth-order valence-electron chi connectivity index (χ4n) is 4.44. The number of sulfonamides is 1. The summed E-state index contributed by atoms with van der Waals surface area (Å²) in [6, 6.07) is 8.93. The summed E-state index contributed by atoms with van der Waals surface area (Å²) in [5, 5.41) is 2.99. The zero-order valence-corrected chi connectivity index (χ0v) is 20.1. The largest absolute Gasteiger partial charge is 0.378 e. The van der Waals surface area contributed by atoms with Crippen molar-refractivity contribution >= 4 is 21.7 Å². The van der Waals surface area contributed by atoms with E-state index in [0.717, 1.165) is 24.5 Å². The molecule has 1 atom stereocenters. The topological polar surface area (TPSA) is 101 Å². The number of hydrogen-bond acceptors (Lipinski definition) is 6. The molecule has 4 rings (SSSR count). The van der Waals surface area contributed by atoms with Crippen LogP contribution in [-0.2, 0) is 19.6 Å². The minimum atomic E-state index is -3.69. The average molecular weight is 491 g/mol. The number of amides is 1. The molecule has 1 aliphatic carbocycles. The van der Waals surface area contributed by atoms with Gasteiger partial charge in [-0.05, 0) is 62.4 Å². The van der Waals surface area contributed by atoms with Gasteiger partial charge in [0, 0.05) is 31.2 Å². The number of pyridine rings is 1. The quantitative estimate of drug-likeness (QED) is 0.619. The molecule has 10 heteroatoms. The first-order valence-corrected chi connectivity index (χ1v) is 13.2. The van der Waals surface area contributed by atoms with Gasteiger partial charge >= 0.3 is 0 Å². The highest BCUT2D eigenvalue weighted by molar-refractivity contribution is 7.89. The molecule has 184 valence electrons. The maximum Gasteiger partial charge on any atom is 0.242 e. The van der Waals surface area contributed by atoms with E-state index in [0.29, 0.717) is 38.9 Å². The van der Waals surface area contributed by atoms with Gasteiger partial charge in [0.1, 0.15) is 16.5 Å². The third-order valence-electron chi connectivity index (χ3n) is 6.51. The van der Waals surface area contributed by atoms with Gasteiger partial charge in [0.25, 0.3) is 0 Å². The van der Waals surface area contributed by atoms with Crippen LogP contribution in [0.15, 0.2) is 47.5 Å². The van der Waals surface area contributed by atoms with E-state index in [1.807, 2.05) is 6.92 Å². The minimum Gasteiger partial charge on any atom is -0.378 e. The molecular formula is C24H31FN4O4S. The number of rotatable bonds is 7. The van der Waals surface area contributed by atoms with E-state index in [9.17, 15) is 17.6 Å². The number of benzene rings is 1. The molecule has 2 aromatic rings. The highest BCUT2D eigenvalue weighted by Gasteiger charge is 2.30. The Morgan fingerprint density at radius 1 is 1.09 bits per heavy atom. The van der Waals surface area contributed by atoms with Crippen molar-refractivity contribution in [1.82, 2.24) is 15.0 Å². The summed E-state index contributed by atoms with van der Waals surface area (Å²) >= 11 is 0. The lowest BCUT2D eigenvalue weighted by Gasteiger charge is -2.29. The Balaban J connectivity index is 1.27. The third-order valence-corrected chi connectivity index (χ3v) is 8.02. The highest BCUT2D eigenvalue weighted by atomic mass is 32.2. The molecular weight excluding hydrogens is 459 g/mol. The molecule has 1 amide bonds. The Morgan fingerprint density at radius 3 is 2.38 bits per heavy atom. The van der Waals surface area contributed by atoms with E-state index < -0.39 is 10.0 Å². The normalized spacial score (nSPS) is 22.2. The number of nitrogens with zero attached hydrogens (tertiary/aromatic N) is 2. The summed E-state index contributed by atoms with van der Waals surface area (Å²) < 4.78 is 46.9. The summed E-state index contributed by atoms with van der Waals surface area (Å²) in [4.78, 5) is 19.2. The Labute approximate surface area is 200 Å². The van der Waals surface area contributed by atoms with Gasteiger partial charge in [-0.3, -0.25) is 4.79 Å². The van der Waals surface area contributed by atoms with Gasteiger partial charge in [-0.25, -0.2) is 22.5 Å². The minimum absolute atomic E-state index is 0.0546. The lowest BCUT2D eigenvalue weighted by molar-refractivity contribution is -0.126. The van der Waals surface area contributed by atoms with Crippen LogP contribution in [0.2, 0.25) is 0 Å². The molecule has 1 saturated heterocycles. The van der Waals surface area contributed by atoms with E-state index in [-0.39, 0.29) is 34.6 Å². The summed E-state index contributed by atoms with van der Waals surface area (Å²) in [7, 11) is -3.69. The highest BCUT2D eigenvalue weighted by Crippen LogP contribution is 2.27. The molecule has 1 aromatic carbocycles. The molecule has 34 heavy (non-hydrogen) atoms. The molecule has 0 bridgehead atoms. The van der Waals surface area contributed by atoms with Gasteiger partial charge in [-0.2, -0.15) is 0 Å². The molecule has 1 aromatic heterocycles. The average Bonchev–Trinajstić information content (AvgIpc) is 2.85. The Hall–Kier alpha value is -2.56. The smallest absolute Gasteiger partial charge is 0.242 e. The number of anilines is 1. The monoisotopic (exact) mass is 490 g/mol. The molecule has 2 fully saturated rings. The first-order chi connectivity index (χ1) is 16.3. The number of halogens is 1. The second-order valence-electron chi connectivity index (χ2n) is 8.90. The van der Waals surface area contributed by atoms with Crippen molar-refractivity contribution in [2.24, 2.45) is 5.92 Å². The fourth-order valence-corrected chi connectivity index (χ4v) is 5.69. The zero-order valence-electron chi connectivity index (χ0n) is 19.2. The summed E-state index contributed by atoms with van der Waals surface area (Å²) in [6.07, 6.45) is 3.76. The maximum absolute atomic E-state index is 13.1. The van der Waals surface area contributed by atoms with Crippen molar-refractivity contribution in [3.05, 3.63) is 54.0 Å². The van der Waals surface area contributed by atoms with Crippen LogP contribution in [0, 0.1) is 11.7 Å². The second-order valence-corrected chi connectivity index (χ2v) is 10.6. The molecule has 1 saturated carbocycles. The zero-order chi connectivity index (χ0) is 24.1. The van der Waals surface area contributed by atoms with E-state index in [2.05, 4.69) is 19.9 Å². The van der Waals surface area contributed by atoms with Crippen molar-refractivity contribution in [3.63, 3.8) is 0 Å². The first-order valence-electron chi connectivity index (χ1n) is 11.7. The van der Waals surface area contributed by atoms with Crippen LogP contribution in [0.1, 0.15) is 44.2 Å². The molecule has 0 unspecified atom stereocenters. The predicted octanol–water partition coefficient (Wildman–Crippen LogP) is 2.77. The SMILES string of the molecule is C[C@@H](NC(=O)C1CCC(NS(=O)(=O)c2ccc(N3CCOCC3)nc2)CC1)c1ccc(F)cc1. The van der Waals surface area contributed by atoms with E-state index in [1.165, 1.54) is 18.3 Å². The number of ether oxygens (including phenoxy) is 1. The van der Waals surface area contributed by atoms with Crippen molar-refractivity contribution < 1.29 is 22.3 Å². The number of carbonyl (C=O) groups excluding carboxylic acids is 1. The maximum atomic E-state index is 13.1. The number of hydrogen-bond donors (Lipinski definition) is 2. The van der Waals surface area contributed by atoms with Crippen LogP contribution in [0.4, 0.5) is 10.2 Å². The lowest BCUT2D eigenvalue weighted by Crippen LogP contribution is -2.41. The van der Waals surface area contributed by atoms with Crippen LogP contribution in [-0.4, -0.2) is 51.7 Å². The molecule has 1 aliphatic heterocycles. The van der Waals surface area contributed by atoms with Crippen molar-refractivity contribution in [2.45, 2.75) is 49.6 Å². The molecule has 8 nitrogen and oxygen atoms in total. The van der Waals surface area contributed by atoms with Gasteiger partial charge in [0.05, 0.1) is 19.3 Å². The van der Waals surface area contributed by atoms with Crippen LogP contribution < -0.4 is 14.9 Å². The van der Waals surface area contributed by atoms with E-state index in [4.69, 9.17) is 4.74 Å². The van der Waals surface area contributed by atoms with E-state index >= 15 is 0 Å². The number of carbonyl (C=O) groups is 1. The third kappa shape index (κ3) is 6.11. The van der Waals surface area contributed by atoms with E-state index in [1.54, 1.807) is 24.3 Å². The van der Waals surface area contributed by atoms with Gasteiger partial charge in [-0.15, -0.1) is 0 Å². The van der Waals surface area contributed by atoms with Gasteiger partial charge in [0.2, 0.25) is 15.9 Å². The first kappa shape index (κ1) is 24.6. The standard InChI is InChI=1S/C24H31FN4O4S/c1-17(18-2-6-20(25)7-3-18)27-24(30)19-4-8-21(9-5-19)28-34(31,32)22-10-11-23(26-16-22)29-12-14-33-15-13-29/h2-3,6-7,10-11,16-17,19,21,28H,4-5,8-9,12-15H2,1H3,(H,27,30)/t17-,19?,21?/m1/s1. The summed E-state index contributed by atoms with van der Waals surface area (Å²) in [5.41, 5.74) is 0.837. The number of nitrogens with one attached hydrogen (secondary N) is 2. The molecule has 0 spiro atoms. The molecule has 2 heterocycles. The number of morpholine rings is 1. The Kier molecular flexibility index (Phi) is 7.80. The fraction of sp³-hybridized carbons (Fsp3) is 0.500. The summed E-state index contributed by atoms with van der Waals surface area (Å²) in [5.74, 6) is 0.203. The van der Waals surface area contributed by atoms with Crippen molar-refractivity contribution in [3.8, 4) is 0 Å². The van der Waals surface area contributed by atoms with Crippen LogP contribution >= 0.6 is 0 Å².